The average Bonchev–Trinajstić information content (AvgIpc) is 3.05. The first-order valence-electron chi connectivity index (χ1n) is 8.61. The SMILES string of the molecule is C[C@H](OC(=O)c1sc2ccccc2c1Cl)C(=O)Nc1ccc2c(c1)OCCO2. The van der Waals surface area contributed by atoms with Crippen LogP contribution < -0.4 is 14.8 Å². The molecule has 2 aromatic carbocycles. The number of esters is 1. The maximum absolute atomic E-state index is 12.5. The van der Waals surface area contributed by atoms with Crippen LogP contribution in [0.5, 0.6) is 11.5 Å². The van der Waals surface area contributed by atoms with E-state index < -0.39 is 18.0 Å². The van der Waals surface area contributed by atoms with Crippen LogP contribution in [0.15, 0.2) is 42.5 Å². The number of amides is 1. The van der Waals surface area contributed by atoms with Crippen LogP contribution in [0.25, 0.3) is 10.1 Å². The third-order valence-corrected chi connectivity index (χ3v) is 5.84. The lowest BCUT2D eigenvalue weighted by Crippen LogP contribution is -2.30. The molecule has 6 nitrogen and oxygen atoms in total. The lowest BCUT2D eigenvalue weighted by Gasteiger charge is -2.19. The van der Waals surface area contributed by atoms with Gasteiger partial charge in [0.25, 0.3) is 5.91 Å². The molecule has 1 aliphatic rings. The van der Waals surface area contributed by atoms with Gasteiger partial charge in [-0.25, -0.2) is 4.79 Å². The van der Waals surface area contributed by atoms with Crippen LogP contribution in [0, 0.1) is 0 Å². The summed E-state index contributed by atoms with van der Waals surface area (Å²) in [5, 5.41) is 3.83. The average molecular weight is 418 g/mol. The molecule has 1 N–H and O–H groups in total. The summed E-state index contributed by atoms with van der Waals surface area (Å²) in [6.45, 7) is 2.45. The molecule has 0 radical (unpaired) electrons. The minimum absolute atomic E-state index is 0.279. The summed E-state index contributed by atoms with van der Waals surface area (Å²) in [5.41, 5.74) is 0.525. The van der Waals surface area contributed by atoms with E-state index in [1.807, 2.05) is 24.3 Å². The summed E-state index contributed by atoms with van der Waals surface area (Å²) in [6.07, 6.45) is -0.998. The van der Waals surface area contributed by atoms with Crippen LogP contribution in [0.2, 0.25) is 5.02 Å². The van der Waals surface area contributed by atoms with Gasteiger partial charge < -0.3 is 19.5 Å². The van der Waals surface area contributed by atoms with E-state index >= 15 is 0 Å². The van der Waals surface area contributed by atoms with E-state index in [1.54, 1.807) is 18.2 Å². The van der Waals surface area contributed by atoms with Crippen molar-refractivity contribution in [2.75, 3.05) is 18.5 Å². The smallest absolute Gasteiger partial charge is 0.350 e. The van der Waals surface area contributed by atoms with Gasteiger partial charge in [-0.05, 0) is 25.1 Å². The highest BCUT2D eigenvalue weighted by Gasteiger charge is 2.24. The standard InChI is InChI=1S/C20H16ClNO5S/c1-11(19(23)22-12-6-7-14-15(10-12)26-9-8-25-14)27-20(24)18-17(21)13-4-2-3-5-16(13)28-18/h2-7,10-11H,8-9H2,1H3,(H,22,23)/t11-/m0/s1. The number of halogens is 1. The molecule has 0 aliphatic carbocycles. The quantitative estimate of drug-likeness (QED) is 0.632. The number of nitrogens with one attached hydrogen (secondary N) is 1. The van der Waals surface area contributed by atoms with Crippen LogP contribution in [0.1, 0.15) is 16.6 Å². The highest BCUT2D eigenvalue weighted by molar-refractivity contribution is 7.21. The Labute approximate surface area is 170 Å². The zero-order chi connectivity index (χ0) is 19.7. The largest absolute Gasteiger partial charge is 0.486 e. The van der Waals surface area contributed by atoms with Gasteiger partial charge in [0, 0.05) is 21.8 Å². The molecule has 0 saturated carbocycles. The zero-order valence-corrected chi connectivity index (χ0v) is 16.4. The third kappa shape index (κ3) is 3.63. The van der Waals surface area contributed by atoms with E-state index in [4.69, 9.17) is 25.8 Å². The van der Waals surface area contributed by atoms with E-state index in [0.29, 0.717) is 35.4 Å². The van der Waals surface area contributed by atoms with Crippen LogP contribution in [0.3, 0.4) is 0 Å². The molecule has 3 aromatic rings. The second kappa shape index (κ2) is 7.69. The number of fused-ring (bicyclic) bond motifs is 2. The molecular formula is C20H16ClNO5S. The molecular weight excluding hydrogens is 402 g/mol. The highest BCUT2D eigenvalue weighted by atomic mass is 35.5. The minimum atomic E-state index is -0.998. The molecule has 1 amide bonds. The molecule has 1 aliphatic heterocycles. The predicted molar refractivity (Wildman–Crippen MR) is 108 cm³/mol. The van der Waals surface area contributed by atoms with Crippen LogP contribution in [-0.2, 0) is 9.53 Å². The fourth-order valence-electron chi connectivity index (χ4n) is 2.78. The Morgan fingerprint density at radius 1 is 1.14 bits per heavy atom. The van der Waals surface area contributed by atoms with Gasteiger partial charge >= 0.3 is 5.97 Å². The molecule has 0 spiro atoms. The Morgan fingerprint density at radius 3 is 2.68 bits per heavy atom. The van der Waals surface area contributed by atoms with Gasteiger partial charge in [0.05, 0.1) is 5.02 Å². The number of anilines is 1. The normalized spacial score (nSPS) is 13.8. The number of carbonyl (C=O) groups excluding carboxylic acids is 2. The van der Waals surface area contributed by atoms with Crippen molar-refractivity contribution in [2.24, 2.45) is 0 Å². The van der Waals surface area contributed by atoms with E-state index in [1.165, 1.54) is 18.3 Å². The van der Waals surface area contributed by atoms with Gasteiger partial charge in [-0.2, -0.15) is 0 Å². The van der Waals surface area contributed by atoms with Crippen molar-refractivity contribution in [1.29, 1.82) is 0 Å². The Balaban J connectivity index is 1.44. The van der Waals surface area contributed by atoms with Crippen LogP contribution >= 0.6 is 22.9 Å². The second-order valence-corrected chi connectivity index (χ2v) is 7.57. The first-order valence-corrected chi connectivity index (χ1v) is 9.81. The first kappa shape index (κ1) is 18.6. The molecule has 1 aromatic heterocycles. The van der Waals surface area contributed by atoms with E-state index in [9.17, 15) is 9.59 Å². The number of rotatable bonds is 4. The summed E-state index contributed by atoms with van der Waals surface area (Å²) < 4.78 is 17.1. The van der Waals surface area contributed by atoms with Gasteiger partial charge in [0.1, 0.15) is 18.1 Å². The molecule has 8 heteroatoms. The highest BCUT2D eigenvalue weighted by Crippen LogP contribution is 2.36. The maximum Gasteiger partial charge on any atom is 0.350 e. The summed E-state index contributed by atoms with van der Waals surface area (Å²) in [5.74, 6) is 0.104. The van der Waals surface area contributed by atoms with Crippen molar-refractivity contribution in [3.05, 3.63) is 52.4 Å². The Morgan fingerprint density at radius 2 is 1.89 bits per heavy atom. The van der Waals surface area contributed by atoms with Gasteiger partial charge in [0.15, 0.2) is 17.6 Å². The molecule has 1 atom stereocenters. The van der Waals surface area contributed by atoms with Crippen molar-refractivity contribution >= 4 is 50.6 Å². The molecule has 0 saturated heterocycles. The fraction of sp³-hybridized carbons (Fsp3) is 0.200. The number of hydrogen-bond acceptors (Lipinski definition) is 6. The van der Waals surface area contributed by atoms with Crippen molar-refractivity contribution in [3.63, 3.8) is 0 Å². The predicted octanol–water partition coefficient (Wildman–Crippen LogP) is 4.51. The van der Waals surface area contributed by atoms with Gasteiger partial charge in [-0.1, -0.05) is 29.8 Å². The Hall–Kier alpha value is -2.77. The summed E-state index contributed by atoms with van der Waals surface area (Å²) in [4.78, 5) is 25.2. The zero-order valence-electron chi connectivity index (χ0n) is 14.9. The van der Waals surface area contributed by atoms with Crippen molar-refractivity contribution in [3.8, 4) is 11.5 Å². The second-order valence-electron chi connectivity index (χ2n) is 6.14. The Bertz CT molecular complexity index is 1060. The van der Waals surface area contributed by atoms with E-state index in [0.717, 1.165) is 10.1 Å². The molecule has 2 heterocycles. The van der Waals surface area contributed by atoms with Crippen molar-refractivity contribution in [1.82, 2.24) is 0 Å². The first-order chi connectivity index (χ1) is 13.5. The van der Waals surface area contributed by atoms with E-state index in [2.05, 4.69) is 5.32 Å². The number of hydrogen-bond donors (Lipinski definition) is 1. The molecule has 0 bridgehead atoms. The van der Waals surface area contributed by atoms with Gasteiger partial charge in [-0.15, -0.1) is 11.3 Å². The fourth-order valence-corrected chi connectivity index (χ4v) is 4.17. The lowest BCUT2D eigenvalue weighted by atomic mass is 10.2. The third-order valence-electron chi connectivity index (χ3n) is 4.18. The minimum Gasteiger partial charge on any atom is -0.486 e. The Kier molecular flexibility index (Phi) is 5.11. The molecule has 4 rings (SSSR count). The van der Waals surface area contributed by atoms with Crippen molar-refractivity contribution in [2.45, 2.75) is 13.0 Å². The number of ether oxygens (including phenoxy) is 3. The summed E-state index contributed by atoms with van der Waals surface area (Å²) in [7, 11) is 0. The monoisotopic (exact) mass is 417 g/mol. The summed E-state index contributed by atoms with van der Waals surface area (Å²) >= 11 is 7.53. The van der Waals surface area contributed by atoms with Crippen LogP contribution in [0.4, 0.5) is 5.69 Å². The molecule has 28 heavy (non-hydrogen) atoms. The lowest BCUT2D eigenvalue weighted by molar-refractivity contribution is -0.123. The number of thiophene rings is 1. The number of carbonyl (C=O) groups is 2. The van der Waals surface area contributed by atoms with Crippen molar-refractivity contribution < 1.29 is 23.8 Å². The molecule has 144 valence electrons. The molecule has 0 unspecified atom stereocenters. The maximum atomic E-state index is 12.5. The molecule has 0 fully saturated rings. The van der Waals surface area contributed by atoms with Gasteiger partial charge in [0.2, 0.25) is 0 Å². The summed E-state index contributed by atoms with van der Waals surface area (Å²) in [6, 6.07) is 12.5. The topological polar surface area (TPSA) is 73.9 Å². The van der Waals surface area contributed by atoms with E-state index in [-0.39, 0.29) is 4.88 Å². The van der Waals surface area contributed by atoms with Crippen LogP contribution in [-0.4, -0.2) is 31.2 Å². The van der Waals surface area contributed by atoms with Gasteiger partial charge in [-0.3, -0.25) is 4.79 Å². The number of benzene rings is 2.